The Hall–Kier alpha value is -4.02. The van der Waals surface area contributed by atoms with E-state index in [-0.39, 0.29) is 44.4 Å². The van der Waals surface area contributed by atoms with Gasteiger partial charge in [0, 0.05) is 36.8 Å². The Morgan fingerprint density at radius 2 is 1.64 bits per heavy atom. The molecule has 0 unspecified atom stereocenters. The molecule has 0 bridgehead atoms. The number of benzene rings is 3. The van der Waals surface area contributed by atoms with Gasteiger partial charge in [-0.1, -0.05) is 35.9 Å². The molecule has 1 heterocycles. The molecule has 1 N–H and O–H groups in total. The summed E-state index contributed by atoms with van der Waals surface area (Å²) in [5, 5.41) is 9.20. The molecule has 1 aliphatic rings. The van der Waals surface area contributed by atoms with Crippen molar-refractivity contribution in [3.8, 4) is 16.9 Å². The number of amides is 2. The Morgan fingerprint density at radius 1 is 0.977 bits per heavy atom. The van der Waals surface area contributed by atoms with Crippen LogP contribution in [0.15, 0.2) is 54.6 Å². The van der Waals surface area contributed by atoms with Gasteiger partial charge in [0.05, 0.1) is 22.2 Å². The first-order chi connectivity index (χ1) is 21.0. The fourth-order valence-corrected chi connectivity index (χ4v) is 7.33. The van der Waals surface area contributed by atoms with Crippen LogP contribution in [0, 0.1) is 11.6 Å². The molecule has 0 saturated heterocycles. The zero-order chi connectivity index (χ0) is 31.7. The number of hydrogen-bond donors (Lipinski definition) is 1. The van der Waals surface area contributed by atoms with Crippen LogP contribution in [0.25, 0.3) is 21.2 Å². The maximum absolute atomic E-state index is 14.7. The normalized spacial score (nSPS) is 16.5. The van der Waals surface area contributed by atoms with Gasteiger partial charge in [-0.05, 0) is 74.1 Å². The van der Waals surface area contributed by atoms with Crippen molar-refractivity contribution in [2.24, 2.45) is 0 Å². The zero-order valence-corrected chi connectivity index (χ0v) is 26.0. The van der Waals surface area contributed by atoms with Gasteiger partial charge in [0.1, 0.15) is 22.3 Å². The molecule has 3 aromatic carbocycles. The van der Waals surface area contributed by atoms with Crippen LogP contribution in [0.1, 0.15) is 58.2 Å². The molecule has 5 rings (SSSR count). The number of Topliss-reactive ketones (excluding diaryl/α,β-unsaturated/α-hetero) is 1. The number of fused-ring (bicyclic) bond motifs is 1. The van der Waals surface area contributed by atoms with Crippen molar-refractivity contribution in [2.45, 2.75) is 51.2 Å². The highest BCUT2D eigenvalue weighted by Gasteiger charge is 2.35. The summed E-state index contributed by atoms with van der Waals surface area (Å²) in [7, 11) is 3.07. The molecular formula is C33H31ClF2N2O5S. The van der Waals surface area contributed by atoms with Gasteiger partial charge in [-0.15, -0.1) is 11.3 Å². The highest BCUT2D eigenvalue weighted by molar-refractivity contribution is 7.21. The van der Waals surface area contributed by atoms with E-state index in [0.29, 0.717) is 42.6 Å². The van der Waals surface area contributed by atoms with Crippen LogP contribution < -0.4 is 4.74 Å². The number of ketones is 1. The molecular weight excluding hydrogens is 610 g/mol. The third kappa shape index (κ3) is 6.14. The van der Waals surface area contributed by atoms with Crippen molar-refractivity contribution in [1.82, 2.24) is 9.80 Å². The van der Waals surface area contributed by atoms with Crippen LogP contribution in [-0.4, -0.2) is 58.9 Å². The first-order valence-corrected chi connectivity index (χ1v) is 15.3. The molecule has 44 heavy (non-hydrogen) atoms. The number of halogens is 3. The standard InChI is InChI=1S/C33H31ClF2N2O5S/c1-18(39)19-5-4-6-20(15-19)21-7-14-27(43-3)22(16-21)17-38(24-10-8-23(9-11-24)37(2)33(41)42)32(40)31-29(34)28-25(35)12-13-26(36)30(28)44-31/h4-7,12-16,23-24H,8-11,17H2,1-3H3,(H,41,42). The van der Waals surface area contributed by atoms with Crippen LogP contribution in [0.3, 0.4) is 0 Å². The average Bonchev–Trinajstić information content (AvgIpc) is 3.39. The quantitative estimate of drug-likeness (QED) is 0.196. The van der Waals surface area contributed by atoms with E-state index < -0.39 is 23.6 Å². The lowest BCUT2D eigenvalue weighted by Gasteiger charge is -2.39. The monoisotopic (exact) mass is 640 g/mol. The molecule has 1 saturated carbocycles. The van der Waals surface area contributed by atoms with Gasteiger partial charge in [0.2, 0.25) is 0 Å². The molecule has 1 aromatic heterocycles. The zero-order valence-electron chi connectivity index (χ0n) is 24.4. The van der Waals surface area contributed by atoms with Gasteiger partial charge in [-0.25, -0.2) is 13.6 Å². The van der Waals surface area contributed by atoms with E-state index in [0.717, 1.165) is 34.6 Å². The molecule has 1 fully saturated rings. The molecule has 7 nitrogen and oxygen atoms in total. The highest BCUT2D eigenvalue weighted by atomic mass is 35.5. The molecule has 0 radical (unpaired) electrons. The van der Waals surface area contributed by atoms with Gasteiger partial charge in [0.15, 0.2) is 5.78 Å². The number of carbonyl (C=O) groups excluding carboxylic acids is 2. The molecule has 4 aromatic rings. The molecule has 0 atom stereocenters. The number of thiophene rings is 1. The van der Waals surface area contributed by atoms with E-state index in [1.54, 1.807) is 29.2 Å². The third-order valence-electron chi connectivity index (χ3n) is 8.32. The average molecular weight is 641 g/mol. The Balaban J connectivity index is 1.55. The first-order valence-electron chi connectivity index (χ1n) is 14.1. The van der Waals surface area contributed by atoms with Gasteiger partial charge in [-0.3, -0.25) is 9.59 Å². The van der Waals surface area contributed by atoms with E-state index in [9.17, 15) is 28.3 Å². The second kappa shape index (κ2) is 12.9. The topological polar surface area (TPSA) is 87.2 Å². The first kappa shape index (κ1) is 31.4. The SMILES string of the molecule is COc1ccc(-c2cccc(C(C)=O)c2)cc1CN(C(=O)c1sc2c(F)ccc(F)c2c1Cl)C1CCC(N(C)C(=O)O)CC1. The van der Waals surface area contributed by atoms with Crippen LogP contribution in [0.4, 0.5) is 13.6 Å². The van der Waals surface area contributed by atoms with Crippen LogP contribution >= 0.6 is 22.9 Å². The lowest BCUT2D eigenvalue weighted by Crippen LogP contribution is -2.46. The lowest BCUT2D eigenvalue weighted by atomic mass is 9.89. The van der Waals surface area contributed by atoms with E-state index >= 15 is 0 Å². The number of rotatable bonds is 8. The Kier molecular flexibility index (Phi) is 9.22. The van der Waals surface area contributed by atoms with Crippen molar-refractivity contribution in [2.75, 3.05) is 14.2 Å². The van der Waals surface area contributed by atoms with Crippen LogP contribution in [-0.2, 0) is 6.54 Å². The van der Waals surface area contributed by atoms with Crippen molar-refractivity contribution in [1.29, 1.82) is 0 Å². The van der Waals surface area contributed by atoms with E-state index in [1.165, 1.54) is 26.0 Å². The fraction of sp³-hybridized carbons (Fsp3) is 0.303. The fourth-order valence-electron chi connectivity index (χ4n) is 5.83. The number of methoxy groups -OCH3 is 1. The summed E-state index contributed by atoms with van der Waals surface area (Å²) in [5.74, 6) is -1.38. The second-order valence-corrected chi connectivity index (χ2v) is 12.3. The number of carboxylic acid groups (broad SMARTS) is 1. The largest absolute Gasteiger partial charge is 0.496 e. The lowest BCUT2D eigenvalue weighted by molar-refractivity contribution is 0.0555. The Labute approximate surface area is 262 Å². The van der Waals surface area contributed by atoms with Crippen molar-refractivity contribution in [3.63, 3.8) is 0 Å². The van der Waals surface area contributed by atoms with Crippen molar-refractivity contribution < 1.29 is 33.0 Å². The summed E-state index contributed by atoms with van der Waals surface area (Å²) in [5.41, 5.74) is 2.88. The Bertz CT molecular complexity index is 1750. The molecule has 1 aliphatic carbocycles. The number of nitrogens with zero attached hydrogens (tertiary/aromatic N) is 2. The van der Waals surface area contributed by atoms with E-state index in [2.05, 4.69) is 0 Å². The van der Waals surface area contributed by atoms with Gasteiger partial charge < -0.3 is 19.6 Å². The summed E-state index contributed by atoms with van der Waals surface area (Å²) in [6.45, 7) is 1.60. The minimum atomic E-state index is -1.02. The molecule has 2 amide bonds. The van der Waals surface area contributed by atoms with Gasteiger partial charge in [0.25, 0.3) is 5.91 Å². The molecule has 11 heteroatoms. The summed E-state index contributed by atoms with van der Waals surface area (Å²) in [4.78, 5) is 40.8. The number of ether oxygens (including phenoxy) is 1. The van der Waals surface area contributed by atoms with Crippen molar-refractivity contribution in [3.05, 3.63) is 87.3 Å². The Morgan fingerprint density at radius 3 is 2.27 bits per heavy atom. The third-order valence-corrected chi connectivity index (χ3v) is 9.99. The van der Waals surface area contributed by atoms with Gasteiger partial charge >= 0.3 is 6.09 Å². The maximum Gasteiger partial charge on any atom is 0.407 e. The molecule has 230 valence electrons. The maximum atomic E-state index is 14.7. The minimum Gasteiger partial charge on any atom is -0.496 e. The van der Waals surface area contributed by atoms with E-state index in [4.69, 9.17) is 16.3 Å². The highest BCUT2D eigenvalue weighted by Crippen LogP contribution is 2.41. The predicted octanol–water partition coefficient (Wildman–Crippen LogP) is 8.27. The smallest absolute Gasteiger partial charge is 0.407 e. The second-order valence-electron chi connectivity index (χ2n) is 10.9. The molecule has 0 aliphatic heterocycles. The van der Waals surface area contributed by atoms with Gasteiger partial charge in [-0.2, -0.15) is 0 Å². The van der Waals surface area contributed by atoms with Crippen molar-refractivity contribution >= 4 is 50.8 Å². The number of hydrogen-bond acceptors (Lipinski definition) is 5. The van der Waals surface area contributed by atoms with Crippen LogP contribution in [0.2, 0.25) is 5.02 Å². The summed E-state index contributed by atoms with van der Waals surface area (Å²) in [6.07, 6.45) is 1.09. The van der Waals surface area contributed by atoms with E-state index in [1.807, 2.05) is 18.2 Å². The predicted molar refractivity (Wildman–Crippen MR) is 167 cm³/mol. The minimum absolute atomic E-state index is 0.0275. The molecule has 0 spiro atoms. The summed E-state index contributed by atoms with van der Waals surface area (Å²) >= 11 is 7.36. The number of carbonyl (C=O) groups is 3. The summed E-state index contributed by atoms with van der Waals surface area (Å²) < 4.78 is 35.0. The van der Waals surface area contributed by atoms with Crippen LogP contribution in [0.5, 0.6) is 5.75 Å². The summed E-state index contributed by atoms with van der Waals surface area (Å²) in [6, 6.07) is 14.3.